The topological polar surface area (TPSA) is 38.1 Å². The lowest BCUT2D eigenvalue weighted by Crippen LogP contribution is -2.34. The molecule has 34 heavy (non-hydrogen) atoms. The number of fused-ring (bicyclic) bond motifs is 1. The average molecular weight is 466 g/mol. The molecule has 0 aliphatic heterocycles. The number of nitrogens with zero attached hydrogens (tertiary/aromatic N) is 3. The maximum absolute atomic E-state index is 13.9. The van der Waals surface area contributed by atoms with Gasteiger partial charge in [-0.05, 0) is 61.1 Å². The van der Waals surface area contributed by atoms with Gasteiger partial charge in [0.2, 0.25) is 0 Å². The number of rotatable bonds is 13. The highest BCUT2D eigenvalue weighted by Crippen LogP contribution is 2.21. The zero-order valence-corrected chi connectivity index (χ0v) is 21.3. The summed E-state index contributed by atoms with van der Waals surface area (Å²) in [5, 5.41) is 0. The van der Waals surface area contributed by atoms with Crippen LogP contribution in [0.5, 0.6) is 0 Å². The highest BCUT2D eigenvalue weighted by Gasteiger charge is 2.21. The molecule has 0 N–H and O–H groups in total. The van der Waals surface area contributed by atoms with E-state index < -0.39 is 0 Å². The predicted octanol–water partition coefficient (Wildman–Crippen LogP) is 7.40. The lowest BCUT2D eigenvalue weighted by atomic mass is 10.0. The summed E-state index contributed by atoms with van der Waals surface area (Å²) in [7, 11) is 0. The third-order valence-electron chi connectivity index (χ3n) is 6.21. The number of halogens is 1. The van der Waals surface area contributed by atoms with Crippen LogP contribution in [0.15, 0.2) is 42.5 Å². The summed E-state index contributed by atoms with van der Waals surface area (Å²) < 4.78 is 16.0. The van der Waals surface area contributed by atoms with Crippen molar-refractivity contribution in [1.29, 1.82) is 0 Å². The van der Waals surface area contributed by atoms with Gasteiger partial charge >= 0.3 is 0 Å². The molecule has 0 saturated carbocycles. The molecule has 0 saturated heterocycles. The first-order chi connectivity index (χ1) is 16.4. The Balaban J connectivity index is 1.77. The van der Waals surface area contributed by atoms with Gasteiger partial charge in [-0.3, -0.25) is 4.79 Å². The van der Waals surface area contributed by atoms with Crippen LogP contribution in [0.25, 0.3) is 11.0 Å². The first-order valence-corrected chi connectivity index (χ1v) is 13.0. The van der Waals surface area contributed by atoms with Gasteiger partial charge in [0.1, 0.15) is 11.6 Å². The highest BCUT2D eigenvalue weighted by molar-refractivity contribution is 5.94. The molecule has 0 atom stereocenters. The molecule has 2 aromatic carbocycles. The Labute approximate surface area is 204 Å². The van der Waals surface area contributed by atoms with Crippen LogP contribution in [0.2, 0.25) is 0 Å². The van der Waals surface area contributed by atoms with Crippen LogP contribution in [0.3, 0.4) is 0 Å². The zero-order chi connectivity index (χ0) is 24.5. The van der Waals surface area contributed by atoms with E-state index >= 15 is 0 Å². The Hall–Kier alpha value is -2.69. The lowest BCUT2D eigenvalue weighted by Gasteiger charge is -2.25. The minimum Gasteiger partial charge on any atom is -0.331 e. The van der Waals surface area contributed by atoms with Crippen molar-refractivity contribution >= 4 is 16.9 Å². The van der Waals surface area contributed by atoms with Crippen LogP contribution in [-0.4, -0.2) is 26.9 Å². The molecule has 3 rings (SSSR count). The Morgan fingerprint density at radius 2 is 1.74 bits per heavy atom. The number of imidazole rings is 1. The van der Waals surface area contributed by atoms with E-state index in [0.717, 1.165) is 36.2 Å². The quantitative estimate of drug-likeness (QED) is 0.247. The maximum atomic E-state index is 13.9. The van der Waals surface area contributed by atoms with Gasteiger partial charge < -0.3 is 9.47 Å². The van der Waals surface area contributed by atoms with E-state index in [9.17, 15) is 9.18 Å². The van der Waals surface area contributed by atoms with Crippen LogP contribution in [0, 0.1) is 11.7 Å². The minimum atomic E-state index is -0.267. The SMILES string of the molecule is CCCCCCCc1ccc(C(=O)N(Cc2nc3ccc(F)cc3n2CCC)CC(C)C)cc1. The first kappa shape index (κ1) is 25.9. The van der Waals surface area contributed by atoms with Gasteiger partial charge in [-0.15, -0.1) is 0 Å². The van der Waals surface area contributed by atoms with Crippen LogP contribution in [0.4, 0.5) is 4.39 Å². The van der Waals surface area contributed by atoms with Gasteiger partial charge in [0.25, 0.3) is 5.91 Å². The Morgan fingerprint density at radius 1 is 1.00 bits per heavy atom. The molecule has 3 aromatic rings. The van der Waals surface area contributed by atoms with E-state index in [1.54, 1.807) is 6.07 Å². The smallest absolute Gasteiger partial charge is 0.254 e. The van der Waals surface area contributed by atoms with Crippen LogP contribution in [0.1, 0.15) is 88.0 Å². The molecule has 0 fully saturated rings. The van der Waals surface area contributed by atoms with Crippen molar-refractivity contribution in [2.75, 3.05) is 6.54 Å². The van der Waals surface area contributed by atoms with Crippen molar-refractivity contribution in [2.24, 2.45) is 5.92 Å². The molecule has 1 heterocycles. The molecular formula is C29H40FN3O. The van der Waals surface area contributed by atoms with Crippen molar-refractivity contribution < 1.29 is 9.18 Å². The number of hydrogen-bond acceptors (Lipinski definition) is 2. The van der Waals surface area contributed by atoms with E-state index in [2.05, 4.69) is 44.4 Å². The summed E-state index contributed by atoms with van der Waals surface area (Å²) in [4.78, 5) is 20.1. The molecule has 0 bridgehead atoms. The summed E-state index contributed by atoms with van der Waals surface area (Å²) in [5.74, 6) is 0.884. The molecule has 0 radical (unpaired) electrons. The van der Waals surface area contributed by atoms with Crippen molar-refractivity contribution in [1.82, 2.24) is 14.5 Å². The van der Waals surface area contributed by atoms with Crippen molar-refractivity contribution in [3.05, 3.63) is 65.2 Å². The van der Waals surface area contributed by atoms with Crippen LogP contribution >= 0.6 is 0 Å². The van der Waals surface area contributed by atoms with Crippen molar-refractivity contribution in [3.63, 3.8) is 0 Å². The standard InChI is InChI=1S/C29H40FN3O/c1-5-7-8-9-10-11-23-12-14-24(15-13-23)29(34)32(20-22(3)4)21-28-31-26-17-16-25(30)19-27(26)33(28)18-6-2/h12-17,19,22H,5-11,18,20-21H2,1-4H3. The van der Waals surface area contributed by atoms with Gasteiger partial charge in [-0.25, -0.2) is 9.37 Å². The average Bonchev–Trinajstić information content (AvgIpc) is 3.14. The van der Waals surface area contributed by atoms with Gasteiger partial charge in [-0.2, -0.15) is 0 Å². The fourth-order valence-electron chi connectivity index (χ4n) is 4.50. The maximum Gasteiger partial charge on any atom is 0.254 e. The monoisotopic (exact) mass is 465 g/mol. The number of carbonyl (C=O) groups excluding carboxylic acids is 1. The summed E-state index contributed by atoms with van der Waals surface area (Å²) in [6.45, 7) is 10.4. The number of unbranched alkanes of at least 4 members (excludes halogenated alkanes) is 4. The Bertz CT molecular complexity index is 1060. The fraction of sp³-hybridized carbons (Fsp3) is 0.517. The summed E-state index contributed by atoms with van der Waals surface area (Å²) in [6, 6.07) is 12.8. The summed E-state index contributed by atoms with van der Waals surface area (Å²) >= 11 is 0. The number of aryl methyl sites for hydroxylation is 2. The van der Waals surface area contributed by atoms with E-state index in [0.29, 0.717) is 24.6 Å². The molecule has 0 unspecified atom stereocenters. The predicted molar refractivity (Wildman–Crippen MR) is 138 cm³/mol. The molecule has 184 valence electrons. The second kappa shape index (κ2) is 12.7. The summed E-state index contributed by atoms with van der Waals surface area (Å²) in [6.07, 6.45) is 8.29. The van der Waals surface area contributed by atoms with Gasteiger partial charge in [0, 0.05) is 18.7 Å². The Morgan fingerprint density at radius 3 is 2.41 bits per heavy atom. The molecule has 0 aliphatic rings. The largest absolute Gasteiger partial charge is 0.331 e. The zero-order valence-electron chi connectivity index (χ0n) is 21.3. The third kappa shape index (κ3) is 6.91. The van der Waals surface area contributed by atoms with Crippen molar-refractivity contribution in [3.8, 4) is 0 Å². The van der Waals surface area contributed by atoms with Crippen LogP contribution in [-0.2, 0) is 19.5 Å². The second-order valence-corrected chi connectivity index (χ2v) is 9.75. The number of aromatic nitrogens is 2. The van der Waals surface area contributed by atoms with Gasteiger partial charge in [0.05, 0.1) is 17.6 Å². The molecule has 0 aliphatic carbocycles. The van der Waals surface area contributed by atoms with Gasteiger partial charge in [-0.1, -0.05) is 65.5 Å². The van der Waals surface area contributed by atoms with Crippen LogP contribution < -0.4 is 0 Å². The normalized spacial score (nSPS) is 11.5. The summed E-state index contributed by atoms with van der Waals surface area (Å²) in [5.41, 5.74) is 3.55. The van der Waals surface area contributed by atoms with Gasteiger partial charge in [0.15, 0.2) is 0 Å². The molecular weight excluding hydrogens is 425 g/mol. The molecule has 1 amide bonds. The van der Waals surface area contributed by atoms with E-state index in [1.165, 1.54) is 49.8 Å². The highest BCUT2D eigenvalue weighted by atomic mass is 19.1. The number of carbonyl (C=O) groups is 1. The minimum absolute atomic E-state index is 0.0180. The Kier molecular flexibility index (Phi) is 9.67. The van der Waals surface area contributed by atoms with E-state index in [1.807, 2.05) is 17.0 Å². The van der Waals surface area contributed by atoms with E-state index in [4.69, 9.17) is 4.98 Å². The number of hydrogen-bond donors (Lipinski definition) is 0. The van der Waals surface area contributed by atoms with E-state index in [-0.39, 0.29) is 11.7 Å². The van der Waals surface area contributed by atoms with Crippen molar-refractivity contribution in [2.45, 2.75) is 85.7 Å². The lowest BCUT2D eigenvalue weighted by molar-refractivity contribution is 0.0716. The first-order valence-electron chi connectivity index (χ1n) is 13.0. The molecule has 5 heteroatoms. The molecule has 0 spiro atoms. The fourth-order valence-corrected chi connectivity index (χ4v) is 4.50. The third-order valence-corrected chi connectivity index (χ3v) is 6.21. The second-order valence-electron chi connectivity index (χ2n) is 9.75. The molecule has 1 aromatic heterocycles. The molecule has 4 nitrogen and oxygen atoms in total. The number of benzene rings is 2. The number of amides is 1.